The topological polar surface area (TPSA) is 21.3 Å². The highest BCUT2D eigenvalue weighted by atomic mass is 16.5. The minimum absolute atomic E-state index is 0.610. The molecular weight excluding hydrogens is 174 g/mol. The van der Waals surface area contributed by atoms with Crippen LogP contribution in [0.4, 0.5) is 0 Å². The van der Waals surface area contributed by atoms with E-state index in [1.165, 1.54) is 6.42 Å². The molecule has 1 N–H and O–H groups in total. The SMILES string of the molecule is CC(C)C(C)CNC(C)C1CCOC1. The van der Waals surface area contributed by atoms with Crippen molar-refractivity contribution in [3.05, 3.63) is 0 Å². The first kappa shape index (κ1) is 12.0. The van der Waals surface area contributed by atoms with Gasteiger partial charge in [-0.3, -0.25) is 0 Å². The van der Waals surface area contributed by atoms with Gasteiger partial charge in [0.05, 0.1) is 6.61 Å². The van der Waals surface area contributed by atoms with Crippen LogP contribution in [0.25, 0.3) is 0 Å². The number of rotatable bonds is 5. The molecule has 0 bridgehead atoms. The van der Waals surface area contributed by atoms with Gasteiger partial charge >= 0.3 is 0 Å². The van der Waals surface area contributed by atoms with Gasteiger partial charge in [0.25, 0.3) is 0 Å². The molecule has 0 aliphatic carbocycles. The lowest BCUT2D eigenvalue weighted by Crippen LogP contribution is -2.37. The standard InChI is InChI=1S/C12H25NO/c1-9(2)10(3)7-13-11(4)12-5-6-14-8-12/h9-13H,5-8H2,1-4H3. The van der Waals surface area contributed by atoms with Crippen molar-refractivity contribution in [2.75, 3.05) is 19.8 Å². The lowest BCUT2D eigenvalue weighted by atomic mass is 9.96. The van der Waals surface area contributed by atoms with Gasteiger partial charge in [-0.1, -0.05) is 20.8 Å². The van der Waals surface area contributed by atoms with Crippen LogP contribution >= 0.6 is 0 Å². The molecule has 14 heavy (non-hydrogen) atoms. The average molecular weight is 199 g/mol. The van der Waals surface area contributed by atoms with Crippen LogP contribution in [0.3, 0.4) is 0 Å². The van der Waals surface area contributed by atoms with Gasteiger partial charge in [0.2, 0.25) is 0 Å². The van der Waals surface area contributed by atoms with Crippen molar-refractivity contribution in [2.24, 2.45) is 17.8 Å². The summed E-state index contributed by atoms with van der Waals surface area (Å²) in [5.41, 5.74) is 0. The van der Waals surface area contributed by atoms with E-state index in [2.05, 4.69) is 33.0 Å². The quantitative estimate of drug-likeness (QED) is 0.733. The van der Waals surface area contributed by atoms with Crippen LogP contribution < -0.4 is 5.32 Å². The molecule has 0 aromatic rings. The van der Waals surface area contributed by atoms with Crippen molar-refractivity contribution in [1.29, 1.82) is 0 Å². The minimum Gasteiger partial charge on any atom is -0.381 e. The Hall–Kier alpha value is -0.0800. The largest absolute Gasteiger partial charge is 0.381 e. The molecule has 84 valence electrons. The summed E-state index contributed by atoms with van der Waals surface area (Å²) in [5.74, 6) is 2.27. The fourth-order valence-corrected chi connectivity index (χ4v) is 1.72. The Morgan fingerprint density at radius 3 is 2.50 bits per heavy atom. The molecule has 0 aromatic carbocycles. The summed E-state index contributed by atoms with van der Waals surface area (Å²) in [7, 11) is 0. The summed E-state index contributed by atoms with van der Waals surface area (Å²) >= 11 is 0. The molecule has 0 radical (unpaired) electrons. The molecule has 3 atom stereocenters. The molecule has 1 saturated heterocycles. The summed E-state index contributed by atoms with van der Waals surface area (Å²) in [5, 5.41) is 3.63. The van der Waals surface area contributed by atoms with Gasteiger partial charge in [0.1, 0.15) is 0 Å². The van der Waals surface area contributed by atoms with Gasteiger partial charge in [-0.15, -0.1) is 0 Å². The fraction of sp³-hybridized carbons (Fsp3) is 1.00. The van der Waals surface area contributed by atoms with E-state index >= 15 is 0 Å². The Balaban J connectivity index is 2.16. The highest BCUT2D eigenvalue weighted by Gasteiger charge is 2.22. The number of hydrogen-bond acceptors (Lipinski definition) is 2. The van der Waals surface area contributed by atoms with Crippen molar-refractivity contribution < 1.29 is 4.74 Å². The number of hydrogen-bond donors (Lipinski definition) is 1. The average Bonchev–Trinajstić information content (AvgIpc) is 2.66. The molecule has 3 unspecified atom stereocenters. The van der Waals surface area contributed by atoms with Crippen molar-refractivity contribution in [3.63, 3.8) is 0 Å². The molecule has 0 saturated carbocycles. The maximum Gasteiger partial charge on any atom is 0.0509 e. The summed E-state index contributed by atoms with van der Waals surface area (Å²) < 4.78 is 5.39. The van der Waals surface area contributed by atoms with Gasteiger partial charge in [-0.25, -0.2) is 0 Å². The second kappa shape index (κ2) is 5.72. The van der Waals surface area contributed by atoms with Crippen LogP contribution in [0.1, 0.15) is 34.1 Å². The van der Waals surface area contributed by atoms with Gasteiger partial charge < -0.3 is 10.1 Å². The van der Waals surface area contributed by atoms with E-state index < -0.39 is 0 Å². The molecule has 1 fully saturated rings. The minimum atomic E-state index is 0.610. The van der Waals surface area contributed by atoms with Crippen LogP contribution in [-0.4, -0.2) is 25.8 Å². The summed E-state index contributed by atoms with van der Waals surface area (Å²) in [4.78, 5) is 0. The third-order valence-corrected chi connectivity index (χ3v) is 3.57. The lowest BCUT2D eigenvalue weighted by molar-refractivity contribution is 0.177. The zero-order chi connectivity index (χ0) is 10.6. The maximum absolute atomic E-state index is 5.39. The highest BCUT2D eigenvalue weighted by molar-refractivity contribution is 4.76. The summed E-state index contributed by atoms with van der Waals surface area (Å²) in [6, 6.07) is 0.610. The Bertz CT molecular complexity index is 152. The summed E-state index contributed by atoms with van der Waals surface area (Å²) in [6.07, 6.45) is 1.23. The molecule has 1 heterocycles. The first-order valence-electron chi connectivity index (χ1n) is 5.92. The van der Waals surface area contributed by atoms with Crippen LogP contribution in [0.2, 0.25) is 0 Å². The van der Waals surface area contributed by atoms with E-state index in [0.717, 1.165) is 37.5 Å². The van der Waals surface area contributed by atoms with Crippen molar-refractivity contribution in [3.8, 4) is 0 Å². The normalized spacial score (nSPS) is 26.8. The molecule has 0 amide bonds. The van der Waals surface area contributed by atoms with E-state index in [9.17, 15) is 0 Å². The maximum atomic E-state index is 5.39. The van der Waals surface area contributed by atoms with Crippen LogP contribution in [0, 0.1) is 17.8 Å². The predicted molar refractivity (Wildman–Crippen MR) is 60.4 cm³/mol. The van der Waals surface area contributed by atoms with Gasteiger partial charge in [-0.05, 0) is 37.6 Å². The predicted octanol–water partition coefficient (Wildman–Crippen LogP) is 2.29. The van der Waals surface area contributed by atoms with Crippen molar-refractivity contribution >= 4 is 0 Å². The van der Waals surface area contributed by atoms with Gasteiger partial charge in [-0.2, -0.15) is 0 Å². The van der Waals surface area contributed by atoms with Crippen molar-refractivity contribution in [1.82, 2.24) is 5.32 Å². The van der Waals surface area contributed by atoms with E-state index in [1.807, 2.05) is 0 Å². The molecule has 0 aromatic heterocycles. The third-order valence-electron chi connectivity index (χ3n) is 3.57. The van der Waals surface area contributed by atoms with E-state index in [-0.39, 0.29) is 0 Å². The molecule has 1 aliphatic heterocycles. The van der Waals surface area contributed by atoms with Gasteiger partial charge in [0, 0.05) is 12.6 Å². The molecular formula is C12H25NO. The molecule has 0 spiro atoms. The molecule has 2 nitrogen and oxygen atoms in total. The first-order chi connectivity index (χ1) is 6.61. The van der Waals surface area contributed by atoms with Crippen LogP contribution in [0.15, 0.2) is 0 Å². The number of nitrogens with one attached hydrogen (secondary N) is 1. The molecule has 2 heteroatoms. The van der Waals surface area contributed by atoms with E-state index in [4.69, 9.17) is 4.74 Å². The van der Waals surface area contributed by atoms with Crippen LogP contribution in [0.5, 0.6) is 0 Å². The Morgan fingerprint density at radius 2 is 2.00 bits per heavy atom. The Labute approximate surface area is 88.4 Å². The zero-order valence-electron chi connectivity index (χ0n) is 10.0. The third kappa shape index (κ3) is 3.58. The molecule has 1 aliphatic rings. The second-order valence-corrected chi connectivity index (χ2v) is 5.04. The van der Waals surface area contributed by atoms with E-state index in [1.54, 1.807) is 0 Å². The first-order valence-corrected chi connectivity index (χ1v) is 5.92. The smallest absolute Gasteiger partial charge is 0.0509 e. The Kier molecular flexibility index (Phi) is 4.90. The highest BCUT2D eigenvalue weighted by Crippen LogP contribution is 2.17. The number of ether oxygens (including phenoxy) is 1. The monoisotopic (exact) mass is 199 g/mol. The lowest BCUT2D eigenvalue weighted by Gasteiger charge is -2.23. The molecule has 1 rings (SSSR count). The fourth-order valence-electron chi connectivity index (χ4n) is 1.72. The Morgan fingerprint density at radius 1 is 1.29 bits per heavy atom. The van der Waals surface area contributed by atoms with Crippen LogP contribution in [-0.2, 0) is 4.74 Å². The van der Waals surface area contributed by atoms with Crippen molar-refractivity contribution in [2.45, 2.75) is 40.2 Å². The van der Waals surface area contributed by atoms with E-state index in [0.29, 0.717) is 6.04 Å². The second-order valence-electron chi connectivity index (χ2n) is 5.04. The van der Waals surface area contributed by atoms with Gasteiger partial charge in [0.15, 0.2) is 0 Å². The zero-order valence-corrected chi connectivity index (χ0v) is 10.0. The summed E-state index contributed by atoms with van der Waals surface area (Å²) in [6.45, 7) is 12.2.